The fraction of sp³-hybridized carbons (Fsp3) is 0. The van der Waals surface area contributed by atoms with E-state index in [4.69, 9.17) is 0 Å². The molecule has 0 radical (unpaired) electrons. The van der Waals surface area contributed by atoms with E-state index in [0.29, 0.717) is 11.1 Å². The van der Waals surface area contributed by atoms with Gasteiger partial charge in [0.05, 0.1) is 0 Å². The highest BCUT2D eigenvalue weighted by molar-refractivity contribution is 5.81. The summed E-state index contributed by atoms with van der Waals surface area (Å²) in [5.74, 6) is 0. The predicted octanol–water partition coefficient (Wildman–Crippen LogP) is 1.36. The molecule has 0 aliphatic heterocycles. The molecule has 1 aliphatic rings. The fourth-order valence-corrected chi connectivity index (χ4v) is 0.809. The Bertz CT molecular complexity index is 272. The zero-order chi connectivity index (χ0) is 8.81. The van der Waals surface area contributed by atoms with E-state index in [1.807, 2.05) is 0 Å². The molecule has 0 spiro atoms. The van der Waals surface area contributed by atoms with Crippen molar-refractivity contribution in [1.29, 1.82) is 0 Å². The fourth-order valence-electron chi connectivity index (χ4n) is 0.809. The van der Waals surface area contributed by atoms with Crippen LogP contribution in [0.2, 0.25) is 0 Å². The third-order valence-corrected chi connectivity index (χ3v) is 1.43. The van der Waals surface area contributed by atoms with Crippen LogP contribution < -0.4 is 0 Å². The second kappa shape index (κ2) is 4.23. The Morgan fingerprint density at radius 3 is 1.58 bits per heavy atom. The monoisotopic (exact) mass is 160 g/mol. The molecule has 0 aromatic rings. The lowest BCUT2D eigenvalue weighted by molar-refractivity contribution is -0.105. The molecular formula is C10H8O2. The summed E-state index contributed by atoms with van der Waals surface area (Å²) in [6, 6.07) is 0. The third kappa shape index (κ3) is 2.16. The van der Waals surface area contributed by atoms with Crippen molar-refractivity contribution in [2.75, 3.05) is 0 Å². The lowest BCUT2D eigenvalue weighted by Gasteiger charge is -1.91. The maximum absolute atomic E-state index is 10.3. The van der Waals surface area contributed by atoms with Gasteiger partial charge in [0.15, 0.2) is 0 Å². The molecule has 0 saturated heterocycles. The Morgan fingerprint density at radius 2 is 1.25 bits per heavy atom. The molecule has 0 saturated carbocycles. The molecule has 0 aromatic carbocycles. The minimum atomic E-state index is 0.590. The van der Waals surface area contributed by atoms with E-state index in [1.165, 1.54) is 0 Å². The van der Waals surface area contributed by atoms with Crippen molar-refractivity contribution in [2.24, 2.45) is 0 Å². The molecule has 0 atom stereocenters. The first-order valence-electron chi connectivity index (χ1n) is 3.54. The van der Waals surface area contributed by atoms with Crippen LogP contribution in [0.4, 0.5) is 0 Å². The van der Waals surface area contributed by atoms with Gasteiger partial charge in [-0.25, -0.2) is 0 Å². The molecule has 0 unspecified atom stereocenters. The number of allylic oxidation sites excluding steroid dienone is 8. The van der Waals surface area contributed by atoms with Gasteiger partial charge in [-0.2, -0.15) is 0 Å². The normalized spacial score (nSPS) is 29.7. The van der Waals surface area contributed by atoms with Crippen molar-refractivity contribution in [3.8, 4) is 0 Å². The zero-order valence-corrected chi connectivity index (χ0v) is 6.44. The van der Waals surface area contributed by atoms with E-state index in [2.05, 4.69) is 0 Å². The van der Waals surface area contributed by atoms with Crippen molar-refractivity contribution in [2.45, 2.75) is 0 Å². The van der Waals surface area contributed by atoms with Crippen molar-refractivity contribution < 1.29 is 9.59 Å². The van der Waals surface area contributed by atoms with E-state index in [1.54, 1.807) is 36.5 Å². The quantitative estimate of drug-likeness (QED) is 0.571. The molecule has 0 amide bonds. The minimum Gasteiger partial charge on any atom is -0.298 e. The molecular weight excluding hydrogens is 152 g/mol. The van der Waals surface area contributed by atoms with E-state index in [9.17, 15) is 9.59 Å². The lowest BCUT2D eigenvalue weighted by Crippen LogP contribution is -1.82. The molecule has 12 heavy (non-hydrogen) atoms. The Morgan fingerprint density at radius 1 is 0.833 bits per heavy atom. The first kappa shape index (κ1) is 8.40. The Labute approximate surface area is 70.6 Å². The van der Waals surface area contributed by atoms with Gasteiger partial charge in [0.1, 0.15) is 12.6 Å². The van der Waals surface area contributed by atoms with E-state index >= 15 is 0 Å². The van der Waals surface area contributed by atoms with Crippen LogP contribution in [0, 0.1) is 0 Å². The standard InChI is InChI=1S/C10H8O2/c11-7-9-3-1-4-10(8-12)6-2-5-9/h1-8H/b3-1-,4-1?,5-2?,6-2-,9-3?,9-5+,10-4+,10-6?. The summed E-state index contributed by atoms with van der Waals surface area (Å²) >= 11 is 0. The van der Waals surface area contributed by atoms with Crippen LogP contribution in [0.1, 0.15) is 0 Å². The molecule has 60 valence electrons. The van der Waals surface area contributed by atoms with Gasteiger partial charge in [-0.15, -0.1) is 0 Å². The van der Waals surface area contributed by atoms with Gasteiger partial charge >= 0.3 is 0 Å². The molecule has 0 fully saturated rings. The molecule has 0 heterocycles. The number of hydrogen-bond acceptors (Lipinski definition) is 2. The summed E-state index contributed by atoms with van der Waals surface area (Å²) in [6.07, 6.45) is 11.5. The maximum Gasteiger partial charge on any atom is 0.150 e. The number of aldehydes is 2. The average molecular weight is 160 g/mol. The molecule has 0 N–H and O–H groups in total. The molecule has 2 heteroatoms. The number of hydrogen-bond donors (Lipinski definition) is 0. The van der Waals surface area contributed by atoms with Gasteiger partial charge in [0.2, 0.25) is 0 Å². The van der Waals surface area contributed by atoms with Crippen LogP contribution in [-0.4, -0.2) is 12.6 Å². The number of carbonyl (C=O) groups excluding carboxylic acids is 2. The van der Waals surface area contributed by atoms with E-state index < -0.39 is 0 Å². The second-order valence-corrected chi connectivity index (χ2v) is 2.29. The first-order chi connectivity index (χ1) is 5.86. The van der Waals surface area contributed by atoms with E-state index in [-0.39, 0.29) is 0 Å². The summed E-state index contributed by atoms with van der Waals surface area (Å²) < 4.78 is 0. The van der Waals surface area contributed by atoms with Crippen LogP contribution >= 0.6 is 0 Å². The lowest BCUT2D eigenvalue weighted by atomic mass is 10.1. The van der Waals surface area contributed by atoms with Crippen LogP contribution in [-0.2, 0) is 9.59 Å². The largest absolute Gasteiger partial charge is 0.298 e. The van der Waals surface area contributed by atoms with Crippen molar-refractivity contribution in [3.63, 3.8) is 0 Å². The van der Waals surface area contributed by atoms with Crippen molar-refractivity contribution >= 4 is 12.6 Å². The SMILES string of the molecule is O=CC1=C/C=C\C(C=O)=C/C=C\1. The van der Waals surface area contributed by atoms with E-state index in [0.717, 1.165) is 12.6 Å². The smallest absolute Gasteiger partial charge is 0.150 e. The van der Waals surface area contributed by atoms with Gasteiger partial charge in [0, 0.05) is 11.1 Å². The minimum absolute atomic E-state index is 0.590. The highest BCUT2D eigenvalue weighted by Gasteiger charge is 1.90. The Hall–Kier alpha value is -1.70. The van der Waals surface area contributed by atoms with Crippen LogP contribution in [0.25, 0.3) is 0 Å². The zero-order valence-electron chi connectivity index (χ0n) is 6.44. The highest BCUT2D eigenvalue weighted by atomic mass is 16.1. The summed E-state index contributed by atoms with van der Waals surface area (Å²) in [5, 5.41) is 0. The van der Waals surface area contributed by atoms with Crippen molar-refractivity contribution in [3.05, 3.63) is 47.6 Å². The summed E-state index contributed by atoms with van der Waals surface area (Å²) in [7, 11) is 0. The summed E-state index contributed by atoms with van der Waals surface area (Å²) in [5.41, 5.74) is 1.18. The second-order valence-electron chi connectivity index (χ2n) is 2.29. The summed E-state index contributed by atoms with van der Waals surface area (Å²) in [6.45, 7) is 0. The third-order valence-electron chi connectivity index (χ3n) is 1.43. The van der Waals surface area contributed by atoms with Gasteiger partial charge in [0.25, 0.3) is 0 Å². The highest BCUT2D eigenvalue weighted by Crippen LogP contribution is 2.02. The summed E-state index contributed by atoms with van der Waals surface area (Å²) in [4.78, 5) is 20.7. The van der Waals surface area contributed by atoms with Gasteiger partial charge in [-0.3, -0.25) is 9.59 Å². The molecule has 2 nitrogen and oxygen atoms in total. The molecule has 0 bridgehead atoms. The Kier molecular flexibility index (Phi) is 2.96. The van der Waals surface area contributed by atoms with Crippen LogP contribution in [0.3, 0.4) is 0 Å². The van der Waals surface area contributed by atoms with Gasteiger partial charge in [-0.1, -0.05) is 36.5 Å². The average Bonchev–Trinajstić information content (AvgIpc) is 2.05. The molecule has 1 rings (SSSR count). The molecule has 0 aromatic heterocycles. The number of carbonyl (C=O) groups is 2. The first-order valence-corrected chi connectivity index (χ1v) is 3.54. The topological polar surface area (TPSA) is 34.1 Å². The maximum atomic E-state index is 10.3. The van der Waals surface area contributed by atoms with Gasteiger partial charge < -0.3 is 0 Å². The predicted molar refractivity (Wildman–Crippen MR) is 46.6 cm³/mol. The van der Waals surface area contributed by atoms with Crippen molar-refractivity contribution in [1.82, 2.24) is 0 Å². The molecule has 1 aliphatic carbocycles. The number of rotatable bonds is 2. The Balaban J connectivity index is 2.90. The van der Waals surface area contributed by atoms with Gasteiger partial charge in [-0.05, 0) is 0 Å². The van der Waals surface area contributed by atoms with Crippen LogP contribution in [0.5, 0.6) is 0 Å². The van der Waals surface area contributed by atoms with Crippen LogP contribution in [0.15, 0.2) is 47.6 Å².